The lowest BCUT2D eigenvalue weighted by Crippen LogP contribution is -2.50. The third kappa shape index (κ3) is 4.79. The molecule has 0 aromatic heterocycles. The fourth-order valence-electron chi connectivity index (χ4n) is 3.69. The summed E-state index contributed by atoms with van der Waals surface area (Å²) in [5, 5.41) is 6.53. The van der Waals surface area contributed by atoms with Crippen LogP contribution in [0.25, 0.3) is 0 Å². The first-order chi connectivity index (χ1) is 9.15. The lowest BCUT2D eigenvalue weighted by atomic mass is 9.81. The van der Waals surface area contributed by atoms with E-state index in [4.69, 9.17) is 0 Å². The molecule has 0 aromatic carbocycles. The zero-order valence-electron chi connectivity index (χ0n) is 12.6. The summed E-state index contributed by atoms with van der Waals surface area (Å²) in [6, 6.07) is 0.540. The molecule has 110 valence electrons. The molecule has 2 rings (SSSR count). The van der Waals surface area contributed by atoms with Crippen LogP contribution >= 0.6 is 0 Å². The van der Waals surface area contributed by atoms with Crippen LogP contribution in [0.5, 0.6) is 0 Å². The number of hydrogen-bond donors (Lipinski definition) is 2. The van der Waals surface area contributed by atoms with Crippen molar-refractivity contribution in [2.75, 3.05) is 6.54 Å². The highest BCUT2D eigenvalue weighted by Gasteiger charge is 2.24. The Hall–Kier alpha value is -0.570. The molecule has 3 heteroatoms. The highest BCUT2D eigenvalue weighted by Crippen LogP contribution is 2.30. The molecule has 1 saturated heterocycles. The van der Waals surface area contributed by atoms with E-state index in [1.807, 2.05) is 0 Å². The van der Waals surface area contributed by atoms with E-state index in [9.17, 15) is 4.79 Å². The summed E-state index contributed by atoms with van der Waals surface area (Å²) < 4.78 is 0. The summed E-state index contributed by atoms with van der Waals surface area (Å²) in [4.78, 5) is 12.1. The highest BCUT2D eigenvalue weighted by atomic mass is 16.2. The predicted octanol–water partition coefficient (Wildman–Crippen LogP) is 2.85. The maximum Gasteiger partial charge on any atom is 0.237 e. The molecule has 1 aliphatic heterocycles. The molecule has 0 radical (unpaired) electrons. The Morgan fingerprint density at radius 3 is 2.68 bits per heavy atom. The largest absolute Gasteiger partial charge is 0.355 e. The van der Waals surface area contributed by atoms with E-state index in [0.29, 0.717) is 6.04 Å². The lowest BCUT2D eigenvalue weighted by Gasteiger charge is -2.29. The van der Waals surface area contributed by atoms with Crippen LogP contribution in [-0.4, -0.2) is 24.5 Å². The maximum atomic E-state index is 12.1. The molecule has 1 amide bonds. The first-order valence-corrected chi connectivity index (χ1v) is 8.19. The van der Waals surface area contributed by atoms with E-state index in [0.717, 1.165) is 24.8 Å². The molecule has 0 aromatic rings. The fourth-order valence-corrected chi connectivity index (χ4v) is 3.69. The van der Waals surface area contributed by atoms with Crippen molar-refractivity contribution in [2.24, 2.45) is 11.8 Å². The van der Waals surface area contributed by atoms with Crippen molar-refractivity contribution >= 4 is 5.91 Å². The van der Waals surface area contributed by atoms with Gasteiger partial charge in [-0.2, -0.15) is 0 Å². The standard InChI is InChI=1S/C16H30N2O/c1-12-5-3-7-14(11-12)9-10-17-16(19)15-8-4-6-13(2)18-15/h12-15,18H,3-11H2,1-2H3,(H,17,19). The van der Waals surface area contributed by atoms with Gasteiger partial charge in [0, 0.05) is 12.6 Å². The minimum Gasteiger partial charge on any atom is -0.355 e. The van der Waals surface area contributed by atoms with E-state index in [1.54, 1.807) is 0 Å². The SMILES string of the molecule is CC1CCCC(CCNC(=O)C2CCCC(C)N2)C1. The molecule has 1 aliphatic carbocycles. The van der Waals surface area contributed by atoms with Crippen LogP contribution in [0.15, 0.2) is 0 Å². The van der Waals surface area contributed by atoms with Gasteiger partial charge in [0.1, 0.15) is 0 Å². The quantitative estimate of drug-likeness (QED) is 0.821. The van der Waals surface area contributed by atoms with Gasteiger partial charge in [-0.1, -0.05) is 26.2 Å². The van der Waals surface area contributed by atoms with Crippen LogP contribution in [-0.2, 0) is 4.79 Å². The van der Waals surface area contributed by atoms with Crippen LogP contribution < -0.4 is 10.6 Å². The molecule has 3 nitrogen and oxygen atoms in total. The number of nitrogens with one attached hydrogen (secondary N) is 2. The molecule has 0 bridgehead atoms. The second-order valence-corrected chi connectivity index (χ2v) is 6.77. The van der Waals surface area contributed by atoms with Crippen LogP contribution in [0, 0.1) is 11.8 Å². The number of rotatable bonds is 4. The third-order valence-electron chi connectivity index (χ3n) is 4.83. The summed E-state index contributed by atoms with van der Waals surface area (Å²) in [5.41, 5.74) is 0. The first kappa shape index (κ1) is 14.8. The van der Waals surface area contributed by atoms with Crippen LogP contribution in [0.2, 0.25) is 0 Å². The molecule has 4 atom stereocenters. The minimum absolute atomic E-state index is 0.0500. The van der Waals surface area contributed by atoms with Gasteiger partial charge in [0.15, 0.2) is 0 Å². The highest BCUT2D eigenvalue weighted by molar-refractivity contribution is 5.81. The summed E-state index contributed by atoms with van der Waals surface area (Å²) in [7, 11) is 0. The maximum absolute atomic E-state index is 12.1. The van der Waals surface area contributed by atoms with Gasteiger partial charge in [0.2, 0.25) is 5.91 Å². The van der Waals surface area contributed by atoms with Crippen molar-refractivity contribution in [1.82, 2.24) is 10.6 Å². The lowest BCUT2D eigenvalue weighted by molar-refractivity contribution is -0.124. The van der Waals surface area contributed by atoms with Crippen molar-refractivity contribution < 1.29 is 4.79 Å². The molecule has 2 aliphatic rings. The first-order valence-electron chi connectivity index (χ1n) is 8.19. The van der Waals surface area contributed by atoms with Gasteiger partial charge in [-0.3, -0.25) is 4.79 Å². The van der Waals surface area contributed by atoms with Crippen LogP contribution in [0.1, 0.15) is 65.2 Å². The summed E-state index contributed by atoms with van der Waals surface area (Å²) >= 11 is 0. The van der Waals surface area contributed by atoms with Crippen molar-refractivity contribution in [1.29, 1.82) is 0 Å². The van der Waals surface area contributed by atoms with Gasteiger partial charge < -0.3 is 10.6 Å². The predicted molar refractivity (Wildman–Crippen MR) is 79.0 cm³/mol. The average Bonchev–Trinajstić information content (AvgIpc) is 2.38. The second kappa shape index (κ2) is 7.28. The Morgan fingerprint density at radius 2 is 1.95 bits per heavy atom. The molecule has 4 unspecified atom stereocenters. The van der Waals surface area contributed by atoms with Crippen molar-refractivity contribution in [3.8, 4) is 0 Å². The smallest absolute Gasteiger partial charge is 0.237 e. The molecular formula is C16H30N2O. The number of carbonyl (C=O) groups is 1. The van der Waals surface area contributed by atoms with E-state index < -0.39 is 0 Å². The molecule has 2 N–H and O–H groups in total. The number of carbonyl (C=O) groups excluding carboxylic acids is 1. The van der Waals surface area contributed by atoms with Gasteiger partial charge in [-0.15, -0.1) is 0 Å². The van der Waals surface area contributed by atoms with Gasteiger partial charge in [0.25, 0.3) is 0 Å². The summed E-state index contributed by atoms with van der Waals surface area (Å²) in [6.45, 7) is 5.39. The van der Waals surface area contributed by atoms with Gasteiger partial charge in [0.05, 0.1) is 6.04 Å². The van der Waals surface area contributed by atoms with Crippen molar-refractivity contribution in [3.05, 3.63) is 0 Å². The number of hydrogen-bond acceptors (Lipinski definition) is 2. The second-order valence-electron chi connectivity index (χ2n) is 6.77. The van der Waals surface area contributed by atoms with Crippen molar-refractivity contribution in [3.63, 3.8) is 0 Å². The van der Waals surface area contributed by atoms with Crippen LogP contribution in [0.4, 0.5) is 0 Å². The molecule has 1 saturated carbocycles. The fraction of sp³-hybridized carbons (Fsp3) is 0.938. The topological polar surface area (TPSA) is 41.1 Å². The Bertz CT molecular complexity index is 292. The Balaban J connectivity index is 1.63. The average molecular weight is 266 g/mol. The van der Waals surface area contributed by atoms with Gasteiger partial charge >= 0.3 is 0 Å². The molecule has 19 heavy (non-hydrogen) atoms. The summed E-state index contributed by atoms with van der Waals surface area (Å²) in [5.74, 6) is 1.94. The molecular weight excluding hydrogens is 236 g/mol. The van der Waals surface area contributed by atoms with Crippen molar-refractivity contribution in [2.45, 2.75) is 77.3 Å². The Morgan fingerprint density at radius 1 is 1.16 bits per heavy atom. The van der Waals surface area contributed by atoms with E-state index in [2.05, 4.69) is 24.5 Å². The Kier molecular flexibility index (Phi) is 5.68. The van der Waals surface area contributed by atoms with Gasteiger partial charge in [-0.25, -0.2) is 0 Å². The van der Waals surface area contributed by atoms with Gasteiger partial charge in [-0.05, 0) is 50.9 Å². The van der Waals surface area contributed by atoms with E-state index >= 15 is 0 Å². The Labute approximate surface area is 117 Å². The molecule has 0 spiro atoms. The van der Waals surface area contributed by atoms with E-state index in [1.165, 1.54) is 44.9 Å². The molecule has 1 heterocycles. The monoisotopic (exact) mass is 266 g/mol. The minimum atomic E-state index is 0.0500. The number of piperidine rings is 1. The van der Waals surface area contributed by atoms with E-state index in [-0.39, 0.29) is 11.9 Å². The zero-order valence-corrected chi connectivity index (χ0v) is 12.6. The van der Waals surface area contributed by atoms with Crippen LogP contribution in [0.3, 0.4) is 0 Å². The number of amides is 1. The normalized spacial score (nSPS) is 35.9. The zero-order chi connectivity index (χ0) is 13.7. The third-order valence-corrected chi connectivity index (χ3v) is 4.83. The summed E-state index contributed by atoms with van der Waals surface area (Å²) in [6.07, 6.45) is 10.0. The molecule has 2 fully saturated rings.